The van der Waals surface area contributed by atoms with E-state index in [1.807, 2.05) is 0 Å². The summed E-state index contributed by atoms with van der Waals surface area (Å²) in [5.41, 5.74) is -1.02. The lowest BCUT2D eigenvalue weighted by Crippen LogP contribution is -2.64. The highest BCUT2D eigenvalue weighted by molar-refractivity contribution is 7.99. The maximum Gasteiger partial charge on any atom is 0.303 e. The van der Waals surface area contributed by atoms with Gasteiger partial charge in [0.15, 0.2) is 36.8 Å². The van der Waals surface area contributed by atoms with E-state index in [4.69, 9.17) is 42.6 Å². The van der Waals surface area contributed by atoms with E-state index in [2.05, 4.69) is 0 Å². The zero-order chi connectivity index (χ0) is 34.8. The molecule has 17 heteroatoms. The van der Waals surface area contributed by atoms with Crippen LogP contribution in [-0.4, -0.2) is 115 Å². The molecule has 2 aliphatic rings. The number of hydrogen-bond donors (Lipinski definition) is 1. The number of benzene rings is 1. The van der Waals surface area contributed by atoms with E-state index >= 15 is 0 Å². The Morgan fingerprint density at radius 1 is 0.617 bits per heavy atom. The molecule has 2 saturated heterocycles. The average molecular weight is 687 g/mol. The van der Waals surface area contributed by atoms with Crippen LogP contribution in [0.4, 0.5) is 0 Å². The lowest BCUT2D eigenvalue weighted by atomic mass is 9.97. The first-order chi connectivity index (χ1) is 22.2. The van der Waals surface area contributed by atoms with Crippen molar-refractivity contribution in [3.8, 4) is 0 Å². The first kappa shape index (κ1) is 37.7. The Hall–Kier alpha value is -3.77. The number of rotatable bonds is 12. The fraction of sp³-hybridized carbons (Fsp3) is 0.600. The fourth-order valence-corrected chi connectivity index (χ4v) is 6.04. The van der Waals surface area contributed by atoms with Gasteiger partial charge in [0.25, 0.3) is 0 Å². The smallest absolute Gasteiger partial charge is 0.303 e. The van der Waals surface area contributed by atoms with Crippen LogP contribution in [0, 0.1) is 0 Å². The third-order valence-electron chi connectivity index (χ3n) is 6.59. The first-order valence-electron chi connectivity index (χ1n) is 14.5. The first-order valence-corrected chi connectivity index (χ1v) is 15.4. The molecule has 0 saturated carbocycles. The van der Waals surface area contributed by atoms with Gasteiger partial charge in [-0.05, 0) is 12.1 Å². The average Bonchev–Trinajstić information content (AvgIpc) is 2.96. The molecule has 1 aromatic rings. The van der Waals surface area contributed by atoms with Crippen LogP contribution in [-0.2, 0) is 71.4 Å². The molecule has 10 atom stereocenters. The zero-order valence-corrected chi connectivity index (χ0v) is 27.4. The van der Waals surface area contributed by atoms with Crippen LogP contribution in [0.1, 0.15) is 41.5 Å². The molecular formula is C30H38O16S. The molecule has 0 aromatic heterocycles. The van der Waals surface area contributed by atoms with E-state index in [9.17, 15) is 33.9 Å². The Bertz CT molecular complexity index is 1270. The van der Waals surface area contributed by atoms with Crippen molar-refractivity contribution in [2.75, 3.05) is 13.2 Å². The Morgan fingerprint density at radius 3 is 1.68 bits per heavy atom. The maximum absolute atomic E-state index is 12.2. The van der Waals surface area contributed by atoms with Crippen molar-refractivity contribution in [3.63, 3.8) is 0 Å². The van der Waals surface area contributed by atoms with Gasteiger partial charge in [0.05, 0.1) is 6.61 Å². The quantitative estimate of drug-likeness (QED) is 0.239. The van der Waals surface area contributed by atoms with Crippen molar-refractivity contribution < 1.29 is 76.5 Å². The molecule has 16 nitrogen and oxygen atoms in total. The molecule has 3 rings (SSSR count). The van der Waals surface area contributed by atoms with Crippen LogP contribution >= 0.6 is 11.8 Å². The van der Waals surface area contributed by atoms with Crippen molar-refractivity contribution >= 4 is 47.6 Å². The van der Waals surface area contributed by atoms with Gasteiger partial charge in [-0.25, -0.2) is 0 Å². The lowest BCUT2D eigenvalue weighted by Gasteiger charge is -2.45. The summed E-state index contributed by atoms with van der Waals surface area (Å²) in [6.07, 6.45) is -12.8. The van der Waals surface area contributed by atoms with Gasteiger partial charge in [0, 0.05) is 46.4 Å². The molecule has 260 valence electrons. The second-order valence-electron chi connectivity index (χ2n) is 10.5. The summed E-state index contributed by atoms with van der Waals surface area (Å²) in [6.45, 7) is 5.67. The van der Waals surface area contributed by atoms with Crippen LogP contribution in [0.3, 0.4) is 0 Å². The Morgan fingerprint density at radius 2 is 1.13 bits per heavy atom. The molecule has 0 amide bonds. The van der Waals surface area contributed by atoms with Crippen molar-refractivity contribution in [1.82, 2.24) is 0 Å². The molecule has 1 aromatic carbocycles. The van der Waals surface area contributed by atoms with Crippen LogP contribution in [0.25, 0.3) is 0 Å². The van der Waals surface area contributed by atoms with Crippen molar-refractivity contribution in [2.24, 2.45) is 0 Å². The second-order valence-corrected chi connectivity index (χ2v) is 11.7. The number of hydrogen-bond acceptors (Lipinski definition) is 17. The monoisotopic (exact) mass is 686 g/mol. The number of carbonyl (C=O) groups excluding carboxylic acids is 6. The van der Waals surface area contributed by atoms with Crippen molar-refractivity contribution in [1.29, 1.82) is 0 Å². The third-order valence-corrected chi connectivity index (χ3v) is 7.75. The number of aliphatic hydroxyl groups excluding tert-OH is 1. The summed E-state index contributed by atoms with van der Waals surface area (Å²) >= 11 is 1.13. The van der Waals surface area contributed by atoms with Gasteiger partial charge in [-0.3, -0.25) is 28.8 Å². The zero-order valence-electron chi connectivity index (χ0n) is 26.6. The summed E-state index contributed by atoms with van der Waals surface area (Å²) in [7, 11) is 0. The topological polar surface area (TPSA) is 206 Å². The highest BCUT2D eigenvalue weighted by Crippen LogP contribution is 2.37. The minimum Gasteiger partial charge on any atom is -0.463 e. The van der Waals surface area contributed by atoms with E-state index in [1.165, 1.54) is 0 Å². The fourth-order valence-electron chi connectivity index (χ4n) is 4.91. The highest BCUT2D eigenvalue weighted by atomic mass is 32.2. The van der Waals surface area contributed by atoms with E-state index < -0.39 is 110 Å². The molecule has 47 heavy (non-hydrogen) atoms. The second kappa shape index (κ2) is 17.4. The molecule has 1 N–H and O–H groups in total. The molecule has 0 spiro atoms. The molecule has 0 bridgehead atoms. The number of esters is 6. The van der Waals surface area contributed by atoms with Gasteiger partial charge in [-0.1, -0.05) is 30.0 Å². The normalized spacial score (nSPS) is 30.3. The van der Waals surface area contributed by atoms with Crippen LogP contribution in [0.15, 0.2) is 35.2 Å². The minimum absolute atomic E-state index is 0.478. The van der Waals surface area contributed by atoms with E-state index in [0.717, 1.165) is 53.3 Å². The third kappa shape index (κ3) is 11.2. The molecule has 2 aliphatic heterocycles. The predicted octanol–water partition coefficient (Wildman–Crippen LogP) is 0.828. The van der Waals surface area contributed by atoms with Gasteiger partial charge in [-0.15, -0.1) is 0 Å². The molecule has 0 unspecified atom stereocenters. The van der Waals surface area contributed by atoms with Crippen molar-refractivity contribution in [2.45, 2.75) is 107 Å². The highest BCUT2D eigenvalue weighted by Gasteiger charge is 2.54. The summed E-state index contributed by atoms with van der Waals surface area (Å²) in [5.74, 6) is -4.65. The number of thioether (sulfide) groups is 1. The standard InChI is InChI=1S/C30H38O16S/c1-14(31)38-13-22-24(40-15(2)32)26(42-17(4)34)27(43-18(5)35)29(45-22)39-12-21-23(37)25(41-16(3)33)28(44-19(6)36)30(46-21)47-20-10-8-7-9-11-20/h7-11,21-30,37H,12-13H2,1-6H3/t21-,22-,23-,24-,25+,26+,27-,28-,29-,30+/m1/s1. The molecular weight excluding hydrogens is 648 g/mol. The molecule has 2 fully saturated rings. The summed E-state index contributed by atoms with van der Waals surface area (Å²) in [5, 5.41) is 11.3. The van der Waals surface area contributed by atoms with Gasteiger partial charge in [0.1, 0.15) is 30.4 Å². The minimum atomic E-state index is -1.61. The van der Waals surface area contributed by atoms with Crippen LogP contribution in [0.2, 0.25) is 0 Å². The van der Waals surface area contributed by atoms with Gasteiger partial charge in [-0.2, -0.15) is 0 Å². The SMILES string of the molecule is CC(=O)OC[C@H]1O[C@@H](OC[C@H]2O[C@@H](Sc3ccccc3)[C@H](OC(C)=O)[C@@H](OC(C)=O)[C@@H]2O)[C@H](OC(C)=O)[C@@H](OC(C)=O)[C@@H]1OC(C)=O. The summed E-state index contributed by atoms with van der Waals surface area (Å²) in [6, 6.07) is 8.89. The van der Waals surface area contributed by atoms with E-state index in [0.29, 0.717) is 4.90 Å². The van der Waals surface area contributed by atoms with E-state index in [1.54, 1.807) is 30.3 Å². The Kier molecular flexibility index (Phi) is 14.0. The lowest BCUT2D eigenvalue weighted by molar-refractivity contribution is -0.317. The largest absolute Gasteiger partial charge is 0.463 e. The molecule has 2 heterocycles. The van der Waals surface area contributed by atoms with Crippen LogP contribution < -0.4 is 0 Å². The van der Waals surface area contributed by atoms with Gasteiger partial charge >= 0.3 is 35.8 Å². The van der Waals surface area contributed by atoms with E-state index in [-0.39, 0.29) is 0 Å². The maximum atomic E-state index is 12.2. The molecule has 0 radical (unpaired) electrons. The van der Waals surface area contributed by atoms with Crippen LogP contribution in [0.5, 0.6) is 0 Å². The number of carbonyl (C=O) groups is 6. The summed E-state index contributed by atoms with van der Waals surface area (Å²) < 4.78 is 50.1. The van der Waals surface area contributed by atoms with Crippen molar-refractivity contribution in [3.05, 3.63) is 30.3 Å². The summed E-state index contributed by atoms with van der Waals surface area (Å²) in [4.78, 5) is 72.6. The van der Waals surface area contributed by atoms with Gasteiger partial charge in [0.2, 0.25) is 0 Å². The Labute approximate surface area is 274 Å². The van der Waals surface area contributed by atoms with Gasteiger partial charge < -0.3 is 47.7 Å². The number of aliphatic hydroxyl groups is 1. The Balaban J connectivity index is 1.95. The molecule has 0 aliphatic carbocycles. The number of ether oxygens (including phenoxy) is 9. The predicted molar refractivity (Wildman–Crippen MR) is 156 cm³/mol.